The van der Waals surface area contributed by atoms with Gasteiger partial charge in [-0.25, -0.2) is 4.79 Å². The fourth-order valence-electron chi connectivity index (χ4n) is 2.02. The van der Waals surface area contributed by atoms with Crippen LogP contribution in [0.25, 0.3) is 0 Å². The topological polar surface area (TPSA) is 72.5 Å². The summed E-state index contributed by atoms with van der Waals surface area (Å²) in [5, 5.41) is 3.28. The van der Waals surface area contributed by atoms with Crippen molar-refractivity contribution in [3.05, 3.63) is 58.1 Å². The van der Waals surface area contributed by atoms with Crippen LogP contribution in [0, 0.1) is 0 Å². The molecule has 2 aromatic rings. The lowest BCUT2D eigenvalue weighted by molar-refractivity contribution is -0.119. The van der Waals surface area contributed by atoms with E-state index in [1.54, 1.807) is 25.1 Å². The normalized spacial score (nSPS) is 11.6. The van der Waals surface area contributed by atoms with E-state index in [4.69, 9.17) is 27.9 Å². The summed E-state index contributed by atoms with van der Waals surface area (Å²) in [6.07, 6.45) is 0. The van der Waals surface area contributed by atoms with Crippen LogP contribution in [0.4, 0.5) is 5.69 Å². The fraction of sp³-hybridized carbons (Fsp3) is 0.176. The highest BCUT2D eigenvalue weighted by molar-refractivity contribution is 7.85. The number of hydrogen-bond acceptors (Lipinski definition) is 4. The van der Waals surface area contributed by atoms with Crippen LogP contribution in [0.1, 0.15) is 17.3 Å². The lowest BCUT2D eigenvalue weighted by Crippen LogP contribution is -2.21. The summed E-state index contributed by atoms with van der Waals surface area (Å²) in [6, 6.07) is 11.0. The molecule has 0 fully saturated rings. The number of hydrogen-bond donors (Lipinski definition) is 1. The molecule has 0 aliphatic heterocycles. The molecule has 25 heavy (non-hydrogen) atoms. The van der Waals surface area contributed by atoms with Crippen molar-refractivity contribution < 1.29 is 18.5 Å². The fourth-order valence-corrected chi connectivity index (χ4v) is 3.49. The number of benzene rings is 2. The highest BCUT2D eigenvalue weighted by Gasteiger charge is 2.17. The summed E-state index contributed by atoms with van der Waals surface area (Å²) in [7, 11) is -1.30. The van der Waals surface area contributed by atoms with E-state index >= 15 is 0 Å². The smallest absolute Gasteiger partial charge is 0.339 e. The molecular formula is C17H15Cl2NO4S. The molecule has 2 rings (SSSR count). The van der Waals surface area contributed by atoms with Gasteiger partial charge >= 0.3 is 5.97 Å². The molecule has 0 aromatic heterocycles. The van der Waals surface area contributed by atoms with E-state index in [0.29, 0.717) is 26.4 Å². The largest absolute Gasteiger partial charge is 0.452 e. The summed E-state index contributed by atoms with van der Waals surface area (Å²) >= 11 is 11.7. The Kier molecular flexibility index (Phi) is 6.99. The van der Waals surface area contributed by atoms with Crippen molar-refractivity contribution in [3.63, 3.8) is 0 Å². The molecule has 1 amide bonds. The van der Waals surface area contributed by atoms with Gasteiger partial charge in [-0.15, -0.1) is 0 Å². The molecule has 0 saturated carbocycles. The van der Waals surface area contributed by atoms with E-state index in [9.17, 15) is 13.8 Å². The van der Waals surface area contributed by atoms with Crippen LogP contribution >= 0.6 is 23.2 Å². The predicted octanol–water partition coefficient (Wildman–Crippen LogP) is 3.92. The first-order valence-electron chi connectivity index (χ1n) is 7.31. The van der Waals surface area contributed by atoms with E-state index < -0.39 is 29.3 Å². The van der Waals surface area contributed by atoms with Gasteiger partial charge in [0, 0.05) is 21.5 Å². The molecule has 0 aliphatic carbocycles. The Bertz CT molecular complexity index is 806. The minimum atomic E-state index is -1.30. The van der Waals surface area contributed by atoms with Gasteiger partial charge in [0.05, 0.1) is 21.3 Å². The molecule has 132 valence electrons. The monoisotopic (exact) mass is 399 g/mol. The standard InChI is InChI=1S/C17H15Cl2NO4S/c1-2-25(23)15-6-4-3-5-14(15)17(22)24-10-16(21)20-13-8-11(18)7-12(19)9-13/h3-9H,2,10H2,1H3,(H,20,21)/t25-/m1/s1. The quantitative estimate of drug-likeness (QED) is 0.747. The van der Waals surface area contributed by atoms with Crippen molar-refractivity contribution in [2.75, 3.05) is 17.7 Å². The van der Waals surface area contributed by atoms with E-state index in [1.165, 1.54) is 24.3 Å². The maximum absolute atomic E-state index is 12.2. The Labute approximate surface area is 157 Å². The van der Waals surface area contributed by atoms with Crippen LogP contribution in [-0.4, -0.2) is 28.4 Å². The molecule has 5 nitrogen and oxygen atoms in total. The number of anilines is 1. The second-order valence-electron chi connectivity index (χ2n) is 4.91. The number of amides is 1. The number of carbonyl (C=O) groups is 2. The molecule has 0 radical (unpaired) electrons. The maximum atomic E-state index is 12.2. The Hall–Kier alpha value is -1.89. The molecule has 8 heteroatoms. The van der Waals surface area contributed by atoms with Gasteiger partial charge in [-0.3, -0.25) is 9.00 Å². The van der Waals surface area contributed by atoms with Crippen molar-refractivity contribution >= 4 is 51.6 Å². The molecule has 1 atom stereocenters. The van der Waals surface area contributed by atoms with Gasteiger partial charge in [0.2, 0.25) is 0 Å². The number of halogens is 2. The van der Waals surface area contributed by atoms with Crippen molar-refractivity contribution in [2.45, 2.75) is 11.8 Å². The summed E-state index contributed by atoms with van der Waals surface area (Å²) in [5.41, 5.74) is 0.576. The van der Waals surface area contributed by atoms with Gasteiger partial charge in [0.25, 0.3) is 5.91 Å². The van der Waals surface area contributed by atoms with Crippen LogP contribution in [0.5, 0.6) is 0 Å². The zero-order valence-corrected chi connectivity index (χ0v) is 15.6. The molecule has 0 aliphatic rings. The van der Waals surface area contributed by atoms with Gasteiger partial charge in [-0.1, -0.05) is 42.3 Å². The highest BCUT2D eigenvalue weighted by Crippen LogP contribution is 2.22. The van der Waals surface area contributed by atoms with E-state index in [-0.39, 0.29) is 5.56 Å². The molecule has 0 saturated heterocycles. The van der Waals surface area contributed by atoms with Crippen LogP contribution in [-0.2, 0) is 20.3 Å². The van der Waals surface area contributed by atoms with E-state index in [2.05, 4.69) is 5.32 Å². The Morgan fingerprint density at radius 3 is 2.40 bits per heavy atom. The lowest BCUT2D eigenvalue weighted by atomic mass is 10.2. The summed E-state index contributed by atoms with van der Waals surface area (Å²) in [6.45, 7) is 1.26. The van der Waals surface area contributed by atoms with E-state index in [0.717, 1.165) is 0 Å². The third kappa shape index (κ3) is 5.56. The number of rotatable bonds is 6. The summed E-state index contributed by atoms with van der Waals surface area (Å²) in [4.78, 5) is 24.5. The van der Waals surface area contributed by atoms with Crippen molar-refractivity contribution in [1.29, 1.82) is 0 Å². The molecule has 2 aromatic carbocycles. The third-order valence-corrected chi connectivity index (χ3v) is 4.90. The molecule has 1 N–H and O–H groups in total. The number of nitrogens with one attached hydrogen (secondary N) is 1. The predicted molar refractivity (Wildman–Crippen MR) is 98.8 cm³/mol. The zero-order chi connectivity index (χ0) is 18.4. The van der Waals surface area contributed by atoms with E-state index in [1.807, 2.05) is 0 Å². The Morgan fingerprint density at radius 1 is 1.12 bits per heavy atom. The number of esters is 1. The van der Waals surface area contributed by atoms with Gasteiger partial charge < -0.3 is 10.1 Å². The van der Waals surface area contributed by atoms with Gasteiger partial charge in [-0.05, 0) is 30.3 Å². The second kappa shape index (κ2) is 8.99. The van der Waals surface area contributed by atoms with Crippen molar-refractivity contribution in [1.82, 2.24) is 0 Å². The number of carbonyl (C=O) groups excluding carboxylic acids is 2. The minimum Gasteiger partial charge on any atom is -0.452 e. The zero-order valence-electron chi connectivity index (χ0n) is 13.3. The van der Waals surface area contributed by atoms with Crippen LogP contribution in [0.3, 0.4) is 0 Å². The first-order valence-corrected chi connectivity index (χ1v) is 9.38. The third-order valence-electron chi connectivity index (χ3n) is 3.10. The van der Waals surface area contributed by atoms with Gasteiger partial charge in [0.1, 0.15) is 0 Å². The lowest BCUT2D eigenvalue weighted by Gasteiger charge is -2.09. The minimum absolute atomic E-state index is 0.182. The highest BCUT2D eigenvalue weighted by atomic mass is 35.5. The van der Waals surface area contributed by atoms with Crippen LogP contribution in [0.15, 0.2) is 47.4 Å². The molecule has 0 spiro atoms. The summed E-state index contributed by atoms with van der Waals surface area (Å²) in [5.74, 6) is -0.877. The molecule has 0 bridgehead atoms. The van der Waals surface area contributed by atoms with Crippen molar-refractivity contribution in [3.8, 4) is 0 Å². The van der Waals surface area contributed by atoms with Crippen LogP contribution in [0.2, 0.25) is 10.0 Å². The molecule has 0 heterocycles. The van der Waals surface area contributed by atoms with Crippen LogP contribution < -0.4 is 5.32 Å². The average Bonchev–Trinajstić information content (AvgIpc) is 2.58. The molecule has 0 unspecified atom stereocenters. The first kappa shape index (κ1) is 19.4. The maximum Gasteiger partial charge on any atom is 0.339 e. The SMILES string of the molecule is CC[S@@](=O)c1ccccc1C(=O)OCC(=O)Nc1cc(Cl)cc(Cl)c1. The number of ether oxygens (including phenoxy) is 1. The average molecular weight is 400 g/mol. The second-order valence-corrected chi connectivity index (χ2v) is 7.49. The Balaban J connectivity index is 2.00. The molecular weight excluding hydrogens is 385 g/mol. The Morgan fingerprint density at radius 2 is 1.76 bits per heavy atom. The van der Waals surface area contributed by atoms with Gasteiger partial charge in [-0.2, -0.15) is 0 Å². The van der Waals surface area contributed by atoms with Crippen molar-refractivity contribution in [2.24, 2.45) is 0 Å². The summed E-state index contributed by atoms with van der Waals surface area (Å²) < 4.78 is 17.0. The van der Waals surface area contributed by atoms with Gasteiger partial charge in [0.15, 0.2) is 6.61 Å². The first-order chi connectivity index (χ1) is 11.9.